The molecule has 1 aromatic carbocycles. The van der Waals surface area contributed by atoms with E-state index in [1.807, 2.05) is 0 Å². The smallest absolute Gasteiger partial charge is 0.351 e. The first-order chi connectivity index (χ1) is 12.3. The summed E-state index contributed by atoms with van der Waals surface area (Å²) >= 11 is 0. The van der Waals surface area contributed by atoms with Gasteiger partial charge in [-0.2, -0.15) is 0 Å². The SMILES string of the molecule is COc1ccc2oc(=O)c(C(=O)O[C@H]3C[C@H]4CC[C@]3(C)C4(C)C)cc2c1. The van der Waals surface area contributed by atoms with Gasteiger partial charge >= 0.3 is 11.6 Å². The van der Waals surface area contributed by atoms with Crippen molar-refractivity contribution in [3.8, 4) is 5.75 Å². The molecule has 2 bridgehead atoms. The van der Waals surface area contributed by atoms with E-state index in [2.05, 4.69) is 20.8 Å². The molecule has 0 amide bonds. The summed E-state index contributed by atoms with van der Waals surface area (Å²) in [6.07, 6.45) is 2.92. The van der Waals surface area contributed by atoms with Crippen LogP contribution >= 0.6 is 0 Å². The summed E-state index contributed by atoms with van der Waals surface area (Å²) in [7, 11) is 1.56. The van der Waals surface area contributed by atoms with Crippen molar-refractivity contribution < 1.29 is 18.7 Å². The highest BCUT2D eigenvalue weighted by atomic mass is 16.5. The van der Waals surface area contributed by atoms with Crippen molar-refractivity contribution >= 4 is 16.9 Å². The van der Waals surface area contributed by atoms with Gasteiger partial charge in [-0.05, 0) is 54.9 Å². The molecule has 1 heterocycles. The maximum absolute atomic E-state index is 12.7. The third kappa shape index (κ3) is 2.29. The number of ether oxygens (including phenoxy) is 2. The first-order valence-electron chi connectivity index (χ1n) is 9.09. The van der Waals surface area contributed by atoms with E-state index in [-0.39, 0.29) is 22.5 Å². The number of hydrogen-bond acceptors (Lipinski definition) is 5. The largest absolute Gasteiger partial charge is 0.497 e. The molecule has 0 saturated heterocycles. The fourth-order valence-corrected chi connectivity index (χ4v) is 4.87. The lowest BCUT2D eigenvalue weighted by Gasteiger charge is -2.38. The van der Waals surface area contributed by atoms with Crippen LogP contribution in [0.5, 0.6) is 5.75 Å². The number of benzene rings is 1. The lowest BCUT2D eigenvalue weighted by Crippen LogP contribution is -2.38. The van der Waals surface area contributed by atoms with Crippen molar-refractivity contribution in [3.05, 3.63) is 40.2 Å². The molecular weight excluding hydrogens is 332 g/mol. The molecule has 26 heavy (non-hydrogen) atoms. The van der Waals surface area contributed by atoms with Crippen molar-refractivity contribution in [3.63, 3.8) is 0 Å². The highest BCUT2D eigenvalue weighted by Crippen LogP contribution is 2.66. The quantitative estimate of drug-likeness (QED) is 0.610. The third-order valence-corrected chi connectivity index (χ3v) is 7.12. The molecule has 0 unspecified atom stereocenters. The molecule has 3 atom stereocenters. The molecule has 138 valence electrons. The summed E-state index contributed by atoms with van der Waals surface area (Å²) < 4.78 is 16.3. The van der Waals surface area contributed by atoms with Gasteiger partial charge in [0.2, 0.25) is 0 Å². The predicted octanol–water partition coefficient (Wildman–Crippen LogP) is 4.17. The van der Waals surface area contributed by atoms with Gasteiger partial charge in [0.05, 0.1) is 7.11 Å². The Bertz CT molecular complexity index is 941. The van der Waals surface area contributed by atoms with Crippen LogP contribution in [0.4, 0.5) is 0 Å². The van der Waals surface area contributed by atoms with Gasteiger partial charge in [0.1, 0.15) is 23.0 Å². The lowest BCUT2D eigenvalue weighted by atomic mass is 9.70. The number of carbonyl (C=O) groups excluding carboxylic acids is 1. The van der Waals surface area contributed by atoms with Crippen LogP contribution in [0.1, 0.15) is 50.4 Å². The highest BCUT2D eigenvalue weighted by Gasteiger charge is 2.62. The Labute approximate surface area is 152 Å². The molecule has 1 aromatic heterocycles. The molecular formula is C21H24O5. The van der Waals surface area contributed by atoms with Crippen LogP contribution in [0.2, 0.25) is 0 Å². The van der Waals surface area contributed by atoms with Crippen LogP contribution < -0.4 is 10.4 Å². The number of carbonyl (C=O) groups is 1. The minimum absolute atomic E-state index is 0.0480. The summed E-state index contributed by atoms with van der Waals surface area (Å²) in [5.41, 5.74) is -0.219. The molecule has 2 aliphatic rings. The van der Waals surface area contributed by atoms with Crippen molar-refractivity contribution in [2.24, 2.45) is 16.7 Å². The van der Waals surface area contributed by atoms with Gasteiger partial charge < -0.3 is 13.9 Å². The van der Waals surface area contributed by atoms with E-state index in [1.54, 1.807) is 25.3 Å². The minimum Gasteiger partial charge on any atom is -0.497 e. The molecule has 5 heteroatoms. The van der Waals surface area contributed by atoms with E-state index in [4.69, 9.17) is 13.9 Å². The zero-order chi connectivity index (χ0) is 18.7. The molecule has 2 fully saturated rings. The minimum atomic E-state index is -0.666. The molecule has 4 rings (SSSR count). The zero-order valence-corrected chi connectivity index (χ0v) is 15.6. The predicted molar refractivity (Wildman–Crippen MR) is 97.5 cm³/mol. The van der Waals surface area contributed by atoms with Gasteiger partial charge in [-0.3, -0.25) is 0 Å². The first kappa shape index (κ1) is 17.1. The van der Waals surface area contributed by atoms with Crippen LogP contribution in [0.25, 0.3) is 11.0 Å². The highest BCUT2D eigenvalue weighted by molar-refractivity contribution is 5.93. The fraction of sp³-hybridized carbons (Fsp3) is 0.524. The van der Waals surface area contributed by atoms with Crippen LogP contribution in [0.15, 0.2) is 33.5 Å². The van der Waals surface area contributed by atoms with Gasteiger partial charge in [-0.15, -0.1) is 0 Å². The maximum Gasteiger partial charge on any atom is 0.351 e. The molecule has 0 aliphatic heterocycles. The van der Waals surface area contributed by atoms with Crippen molar-refractivity contribution in [2.75, 3.05) is 7.11 Å². The van der Waals surface area contributed by atoms with E-state index < -0.39 is 11.6 Å². The number of esters is 1. The molecule has 0 radical (unpaired) electrons. The van der Waals surface area contributed by atoms with Gasteiger partial charge in [0, 0.05) is 10.8 Å². The summed E-state index contributed by atoms with van der Waals surface area (Å²) in [6.45, 7) is 6.72. The van der Waals surface area contributed by atoms with Crippen LogP contribution in [0, 0.1) is 16.7 Å². The number of methoxy groups -OCH3 is 1. The Morgan fingerprint density at radius 1 is 1.23 bits per heavy atom. The van der Waals surface area contributed by atoms with Crippen molar-refractivity contribution in [1.29, 1.82) is 0 Å². The zero-order valence-electron chi connectivity index (χ0n) is 15.6. The van der Waals surface area contributed by atoms with E-state index in [1.165, 1.54) is 12.5 Å². The Morgan fingerprint density at radius 3 is 2.62 bits per heavy atom. The summed E-state index contributed by atoms with van der Waals surface area (Å²) in [4.78, 5) is 25.0. The number of rotatable bonds is 3. The molecule has 2 aliphatic carbocycles. The van der Waals surface area contributed by atoms with Gasteiger partial charge in [-0.25, -0.2) is 9.59 Å². The topological polar surface area (TPSA) is 65.7 Å². The van der Waals surface area contributed by atoms with Gasteiger partial charge in [-0.1, -0.05) is 20.8 Å². The van der Waals surface area contributed by atoms with Crippen molar-refractivity contribution in [2.45, 2.75) is 46.1 Å². The summed E-state index contributed by atoms with van der Waals surface area (Å²) in [5.74, 6) is 0.591. The monoisotopic (exact) mass is 356 g/mol. The molecule has 0 spiro atoms. The Morgan fingerprint density at radius 2 is 2.00 bits per heavy atom. The van der Waals surface area contributed by atoms with E-state index in [0.717, 1.165) is 12.8 Å². The third-order valence-electron chi connectivity index (χ3n) is 7.12. The maximum atomic E-state index is 12.7. The van der Waals surface area contributed by atoms with Gasteiger partial charge in [0.15, 0.2) is 0 Å². The molecule has 2 aromatic rings. The number of fused-ring (bicyclic) bond motifs is 3. The van der Waals surface area contributed by atoms with Crippen LogP contribution in [0.3, 0.4) is 0 Å². The molecule has 2 saturated carbocycles. The molecule has 5 nitrogen and oxygen atoms in total. The normalized spacial score (nSPS) is 29.1. The van der Waals surface area contributed by atoms with Gasteiger partial charge in [0.25, 0.3) is 0 Å². The second kappa shape index (κ2) is 5.60. The lowest BCUT2D eigenvalue weighted by molar-refractivity contribution is -0.0245. The summed E-state index contributed by atoms with van der Waals surface area (Å²) in [5, 5.41) is 0.635. The molecule has 0 N–H and O–H groups in total. The standard InChI is InChI=1S/C21H24O5/c1-20(2)13-7-8-21(20,3)17(11-13)26-19(23)15-10-12-9-14(24-4)5-6-16(12)25-18(15)22/h5-6,9-10,13,17H,7-8,11H2,1-4H3/t13-,17+,21+/m1/s1. The average Bonchev–Trinajstić information content (AvgIpc) is 2.94. The Kier molecular flexibility index (Phi) is 3.69. The average molecular weight is 356 g/mol. The van der Waals surface area contributed by atoms with Crippen molar-refractivity contribution in [1.82, 2.24) is 0 Å². The second-order valence-electron chi connectivity index (χ2n) is 8.36. The van der Waals surface area contributed by atoms with Crippen LogP contribution in [-0.4, -0.2) is 19.2 Å². The van der Waals surface area contributed by atoms with E-state index in [9.17, 15) is 9.59 Å². The second-order valence-corrected chi connectivity index (χ2v) is 8.36. The number of hydrogen-bond donors (Lipinski definition) is 0. The van der Waals surface area contributed by atoms with E-state index >= 15 is 0 Å². The fourth-order valence-electron chi connectivity index (χ4n) is 4.87. The summed E-state index contributed by atoms with van der Waals surface area (Å²) in [6, 6.07) is 6.63. The van der Waals surface area contributed by atoms with E-state index in [0.29, 0.717) is 22.6 Å². The first-order valence-corrected chi connectivity index (χ1v) is 9.09. The Balaban J connectivity index is 1.65. The van der Waals surface area contributed by atoms with Crippen LogP contribution in [-0.2, 0) is 4.74 Å². The Hall–Kier alpha value is -2.30.